The van der Waals surface area contributed by atoms with Gasteiger partial charge in [-0.3, -0.25) is 4.98 Å². The summed E-state index contributed by atoms with van der Waals surface area (Å²) in [5.41, 5.74) is 1.80. The van der Waals surface area contributed by atoms with Crippen LogP contribution in [0.1, 0.15) is 17.2 Å². The van der Waals surface area contributed by atoms with E-state index in [4.69, 9.17) is 0 Å². The molecule has 8 heteroatoms. The number of aromatic nitrogens is 1. The second-order valence-corrected chi connectivity index (χ2v) is 8.16. The van der Waals surface area contributed by atoms with E-state index in [-0.39, 0.29) is 18.4 Å². The van der Waals surface area contributed by atoms with E-state index in [0.29, 0.717) is 29.0 Å². The Morgan fingerprint density at radius 1 is 1.29 bits per heavy atom. The molecule has 2 aromatic rings. The van der Waals surface area contributed by atoms with E-state index in [9.17, 15) is 8.42 Å². The largest absolute Gasteiger partial charge is 0.313 e. The molecule has 1 fully saturated rings. The van der Waals surface area contributed by atoms with Crippen molar-refractivity contribution in [3.05, 3.63) is 58.3 Å². The highest BCUT2D eigenvalue weighted by molar-refractivity contribution is 9.10. The predicted octanol–water partition coefficient (Wildman–Crippen LogP) is 2.91. The zero-order valence-corrected chi connectivity index (χ0v) is 16.4. The second-order valence-electron chi connectivity index (χ2n) is 5.51. The van der Waals surface area contributed by atoms with Crippen LogP contribution in [0.15, 0.2) is 52.1 Å². The Hall–Kier alpha value is -0.990. The standard InChI is InChI=1S/C16H18BrN3O2S.ClH/c1-12-4-2-6-15(16(12)17)23(21,22)20-9-8-19-11-14(20)13-5-3-7-18-10-13;/h2-7,10,14,19H,8-9,11H2,1H3;1H. The van der Waals surface area contributed by atoms with Gasteiger partial charge in [0.15, 0.2) is 0 Å². The first-order chi connectivity index (χ1) is 11.0. The molecule has 1 atom stereocenters. The summed E-state index contributed by atoms with van der Waals surface area (Å²) in [7, 11) is -3.59. The molecular formula is C16H19BrClN3O2S. The van der Waals surface area contributed by atoms with Crippen LogP contribution >= 0.6 is 28.3 Å². The van der Waals surface area contributed by atoms with Gasteiger partial charge >= 0.3 is 0 Å². The minimum Gasteiger partial charge on any atom is -0.313 e. The van der Waals surface area contributed by atoms with E-state index in [0.717, 1.165) is 11.1 Å². The fourth-order valence-electron chi connectivity index (χ4n) is 2.78. The Morgan fingerprint density at radius 2 is 2.08 bits per heavy atom. The van der Waals surface area contributed by atoms with Gasteiger partial charge < -0.3 is 5.32 Å². The van der Waals surface area contributed by atoms with Gasteiger partial charge in [-0.2, -0.15) is 4.31 Å². The highest BCUT2D eigenvalue weighted by atomic mass is 79.9. The van der Waals surface area contributed by atoms with E-state index in [1.807, 2.05) is 25.1 Å². The Balaban J connectivity index is 0.00000208. The number of nitrogens with one attached hydrogen (secondary N) is 1. The average molecular weight is 433 g/mol. The van der Waals surface area contributed by atoms with Crippen LogP contribution in [-0.2, 0) is 10.0 Å². The summed E-state index contributed by atoms with van der Waals surface area (Å²) in [4.78, 5) is 4.44. The number of nitrogens with zero attached hydrogens (tertiary/aromatic N) is 2. The molecule has 130 valence electrons. The van der Waals surface area contributed by atoms with Crippen LogP contribution in [0.5, 0.6) is 0 Å². The van der Waals surface area contributed by atoms with Crippen molar-refractivity contribution in [2.75, 3.05) is 19.6 Å². The van der Waals surface area contributed by atoms with Gasteiger partial charge in [-0.1, -0.05) is 18.2 Å². The smallest absolute Gasteiger partial charge is 0.244 e. The van der Waals surface area contributed by atoms with Crippen molar-refractivity contribution in [1.82, 2.24) is 14.6 Å². The van der Waals surface area contributed by atoms with E-state index in [2.05, 4.69) is 26.2 Å². The first-order valence-electron chi connectivity index (χ1n) is 7.39. The van der Waals surface area contributed by atoms with Crippen LogP contribution in [0, 0.1) is 6.92 Å². The second kappa shape index (κ2) is 7.93. The summed E-state index contributed by atoms with van der Waals surface area (Å²) in [6, 6.07) is 8.80. The Morgan fingerprint density at radius 3 is 2.79 bits per heavy atom. The van der Waals surface area contributed by atoms with Crippen LogP contribution in [0.2, 0.25) is 0 Å². The third-order valence-corrected chi connectivity index (χ3v) is 7.27. The fraction of sp³-hybridized carbons (Fsp3) is 0.312. The summed E-state index contributed by atoms with van der Waals surface area (Å²) in [6.07, 6.45) is 3.42. The molecule has 5 nitrogen and oxygen atoms in total. The quantitative estimate of drug-likeness (QED) is 0.810. The number of sulfonamides is 1. The molecule has 0 amide bonds. The highest BCUT2D eigenvalue weighted by Crippen LogP contribution is 2.33. The van der Waals surface area contributed by atoms with Gasteiger partial charge in [0.05, 0.1) is 10.9 Å². The number of aryl methyl sites for hydroxylation is 1. The first kappa shape index (κ1) is 19.3. The molecule has 1 N–H and O–H groups in total. The van der Waals surface area contributed by atoms with E-state index in [1.54, 1.807) is 28.8 Å². The van der Waals surface area contributed by atoms with Crippen LogP contribution in [-0.4, -0.2) is 37.3 Å². The molecule has 0 spiro atoms. The van der Waals surface area contributed by atoms with Crippen molar-refractivity contribution in [1.29, 1.82) is 0 Å². The number of piperazine rings is 1. The highest BCUT2D eigenvalue weighted by Gasteiger charge is 2.35. The number of hydrogen-bond acceptors (Lipinski definition) is 4. The van der Waals surface area contributed by atoms with Crippen LogP contribution in [0.3, 0.4) is 0 Å². The van der Waals surface area contributed by atoms with Crippen molar-refractivity contribution in [3.63, 3.8) is 0 Å². The lowest BCUT2D eigenvalue weighted by Gasteiger charge is -2.35. The normalized spacial score (nSPS) is 18.8. The molecule has 1 aliphatic heterocycles. The summed E-state index contributed by atoms with van der Waals surface area (Å²) in [6.45, 7) is 3.54. The van der Waals surface area contributed by atoms with Crippen molar-refractivity contribution < 1.29 is 8.42 Å². The Labute approximate surface area is 157 Å². The zero-order valence-electron chi connectivity index (χ0n) is 13.1. The van der Waals surface area contributed by atoms with Gasteiger partial charge in [-0.05, 0) is 46.1 Å². The topological polar surface area (TPSA) is 62.3 Å². The first-order valence-corrected chi connectivity index (χ1v) is 9.62. The van der Waals surface area contributed by atoms with Gasteiger partial charge in [0.25, 0.3) is 0 Å². The third kappa shape index (κ3) is 3.65. The molecule has 0 bridgehead atoms. The van der Waals surface area contributed by atoms with Crippen LogP contribution in [0.25, 0.3) is 0 Å². The summed E-state index contributed by atoms with van der Waals surface area (Å²) >= 11 is 3.43. The molecule has 2 heterocycles. The van der Waals surface area contributed by atoms with E-state index >= 15 is 0 Å². The lowest BCUT2D eigenvalue weighted by Crippen LogP contribution is -2.48. The number of halogens is 2. The molecule has 24 heavy (non-hydrogen) atoms. The molecule has 1 unspecified atom stereocenters. The van der Waals surface area contributed by atoms with E-state index in [1.165, 1.54) is 0 Å². The van der Waals surface area contributed by atoms with Crippen molar-refractivity contribution in [2.45, 2.75) is 17.9 Å². The van der Waals surface area contributed by atoms with Crippen molar-refractivity contribution >= 4 is 38.4 Å². The summed E-state index contributed by atoms with van der Waals surface area (Å²) in [5, 5.41) is 3.27. The van der Waals surface area contributed by atoms with Crippen LogP contribution in [0.4, 0.5) is 0 Å². The summed E-state index contributed by atoms with van der Waals surface area (Å²) < 4.78 is 28.6. The molecular weight excluding hydrogens is 414 g/mol. The molecule has 1 aromatic heterocycles. The average Bonchev–Trinajstić information content (AvgIpc) is 2.58. The minimum atomic E-state index is -3.59. The minimum absolute atomic E-state index is 0. The van der Waals surface area contributed by atoms with Gasteiger partial charge in [0.2, 0.25) is 10.0 Å². The lowest BCUT2D eigenvalue weighted by molar-refractivity contribution is 0.271. The Kier molecular flexibility index (Phi) is 6.39. The lowest BCUT2D eigenvalue weighted by atomic mass is 10.1. The molecule has 0 aliphatic carbocycles. The van der Waals surface area contributed by atoms with Gasteiger partial charge in [-0.15, -0.1) is 12.4 Å². The number of benzene rings is 1. The maximum absolute atomic E-state index is 13.2. The predicted molar refractivity (Wildman–Crippen MR) is 99.9 cm³/mol. The molecule has 3 rings (SSSR count). The maximum Gasteiger partial charge on any atom is 0.244 e. The van der Waals surface area contributed by atoms with Crippen molar-refractivity contribution in [2.24, 2.45) is 0 Å². The number of hydrogen-bond donors (Lipinski definition) is 1. The third-order valence-electron chi connectivity index (χ3n) is 4.01. The van der Waals surface area contributed by atoms with E-state index < -0.39 is 10.0 Å². The SMILES string of the molecule is Cc1cccc(S(=O)(=O)N2CCNCC2c2cccnc2)c1Br.Cl. The molecule has 1 aliphatic rings. The fourth-order valence-corrected chi connectivity index (χ4v) is 5.41. The molecule has 0 saturated carbocycles. The van der Waals surface area contributed by atoms with Gasteiger partial charge in [-0.25, -0.2) is 8.42 Å². The Bertz CT molecular complexity index is 802. The number of pyridine rings is 1. The number of rotatable bonds is 3. The maximum atomic E-state index is 13.2. The molecule has 0 radical (unpaired) electrons. The molecule has 1 saturated heterocycles. The van der Waals surface area contributed by atoms with Gasteiger partial charge in [0, 0.05) is 36.5 Å². The van der Waals surface area contributed by atoms with Gasteiger partial charge in [0.1, 0.15) is 0 Å². The van der Waals surface area contributed by atoms with Crippen LogP contribution < -0.4 is 5.32 Å². The zero-order chi connectivity index (χ0) is 16.4. The monoisotopic (exact) mass is 431 g/mol. The van der Waals surface area contributed by atoms with Crippen molar-refractivity contribution in [3.8, 4) is 0 Å². The molecule has 1 aromatic carbocycles. The summed E-state index contributed by atoms with van der Waals surface area (Å²) in [5.74, 6) is 0.